The lowest BCUT2D eigenvalue weighted by molar-refractivity contribution is 0.396. The van der Waals surface area contributed by atoms with E-state index in [-0.39, 0.29) is 15.8 Å². The van der Waals surface area contributed by atoms with Crippen molar-refractivity contribution in [1.29, 1.82) is 0 Å². The molecule has 0 amide bonds. The molecule has 1 atom stereocenters. The minimum atomic E-state index is -3.96. The number of nitrogens with zero attached hydrogens (tertiary/aromatic N) is 1. The summed E-state index contributed by atoms with van der Waals surface area (Å²) in [5.74, 6) is 0. The van der Waals surface area contributed by atoms with Gasteiger partial charge in [-0.25, -0.2) is 22.0 Å². The molecule has 128 valence electrons. The maximum Gasteiger partial charge on any atom is 0.243 e. The maximum absolute atomic E-state index is 13.0. The molecule has 0 unspecified atom stereocenters. The first-order valence-corrected chi connectivity index (χ1v) is 10.5. The summed E-state index contributed by atoms with van der Waals surface area (Å²) >= 11 is 0. The number of rotatable bonds is 4. The first kappa shape index (κ1) is 17.1. The third kappa shape index (κ3) is 3.23. The Bertz CT molecular complexity index is 941. The van der Waals surface area contributed by atoms with Gasteiger partial charge in [-0.1, -0.05) is 36.4 Å². The summed E-state index contributed by atoms with van der Waals surface area (Å²) in [5.41, 5.74) is 0.932. The summed E-state index contributed by atoms with van der Waals surface area (Å²) < 4.78 is 50.4. The van der Waals surface area contributed by atoms with Crippen LogP contribution in [0.4, 0.5) is 0 Å². The van der Waals surface area contributed by atoms with Gasteiger partial charge in [0.2, 0.25) is 20.0 Å². The molecule has 0 spiro atoms. The SMILES string of the molecule is NS(=O)(=O)c1cccc(S(=O)(=O)N2CCC[C@H]2c2ccccc2)c1. The van der Waals surface area contributed by atoms with Crippen LogP contribution in [0.25, 0.3) is 0 Å². The highest BCUT2D eigenvalue weighted by Crippen LogP contribution is 2.36. The molecule has 1 aliphatic heterocycles. The standard InChI is InChI=1S/C16H18N2O4S2/c17-23(19,20)14-8-4-9-15(12-14)24(21,22)18-11-5-10-16(18)13-6-2-1-3-7-13/h1-4,6-9,12,16H,5,10-11H2,(H2,17,19,20)/t16-/m0/s1. The zero-order chi connectivity index (χ0) is 17.4. The topological polar surface area (TPSA) is 97.5 Å². The summed E-state index contributed by atoms with van der Waals surface area (Å²) in [6.07, 6.45) is 1.49. The van der Waals surface area contributed by atoms with E-state index in [4.69, 9.17) is 5.14 Å². The molecule has 6 nitrogen and oxygen atoms in total. The van der Waals surface area contributed by atoms with Crippen LogP contribution >= 0.6 is 0 Å². The van der Waals surface area contributed by atoms with Crippen molar-refractivity contribution in [2.24, 2.45) is 5.14 Å². The van der Waals surface area contributed by atoms with Crippen molar-refractivity contribution in [1.82, 2.24) is 4.31 Å². The molecule has 2 aromatic rings. The van der Waals surface area contributed by atoms with Crippen LogP contribution in [0.3, 0.4) is 0 Å². The summed E-state index contributed by atoms with van der Waals surface area (Å²) in [6.45, 7) is 0.404. The van der Waals surface area contributed by atoms with Gasteiger partial charge in [0, 0.05) is 6.54 Å². The molecule has 1 heterocycles. The van der Waals surface area contributed by atoms with Crippen LogP contribution in [0.5, 0.6) is 0 Å². The van der Waals surface area contributed by atoms with E-state index in [1.807, 2.05) is 30.3 Å². The molecule has 1 fully saturated rings. The Hall–Kier alpha value is -1.74. The Morgan fingerprint density at radius 2 is 1.58 bits per heavy atom. The first-order chi connectivity index (χ1) is 11.3. The summed E-state index contributed by atoms with van der Waals surface area (Å²) in [7, 11) is -7.76. The van der Waals surface area contributed by atoms with Gasteiger partial charge in [-0.05, 0) is 36.6 Å². The molecule has 8 heteroatoms. The molecule has 0 aliphatic carbocycles. The zero-order valence-electron chi connectivity index (χ0n) is 12.9. The number of hydrogen-bond acceptors (Lipinski definition) is 4. The van der Waals surface area contributed by atoms with Gasteiger partial charge < -0.3 is 0 Å². The molecule has 2 N–H and O–H groups in total. The Morgan fingerprint density at radius 3 is 2.25 bits per heavy atom. The second-order valence-corrected chi connectivity index (χ2v) is 9.16. The molecule has 0 bridgehead atoms. The molecule has 2 aromatic carbocycles. The molecule has 0 radical (unpaired) electrons. The van der Waals surface area contributed by atoms with Crippen LogP contribution in [0.2, 0.25) is 0 Å². The lowest BCUT2D eigenvalue weighted by Crippen LogP contribution is -2.30. The summed E-state index contributed by atoms with van der Waals surface area (Å²) in [5, 5.41) is 5.10. The largest absolute Gasteiger partial charge is 0.243 e. The average molecular weight is 366 g/mol. The number of primary sulfonamides is 1. The number of sulfonamides is 2. The van der Waals surface area contributed by atoms with Crippen molar-refractivity contribution in [2.45, 2.75) is 28.7 Å². The summed E-state index contributed by atoms with van der Waals surface area (Å²) in [6, 6.07) is 14.4. The minimum absolute atomic E-state index is 0.0585. The number of nitrogens with two attached hydrogens (primary N) is 1. The van der Waals surface area contributed by atoms with E-state index >= 15 is 0 Å². The fourth-order valence-corrected chi connectivity index (χ4v) is 5.35. The molecule has 0 saturated carbocycles. The Balaban J connectivity index is 2.01. The second-order valence-electron chi connectivity index (χ2n) is 5.70. The maximum atomic E-state index is 13.0. The number of hydrogen-bond donors (Lipinski definition) is 1. The Kier molecular flexibility index (Phi) is 4.48. The zero-order valence-corrected chi connectivity index (χ0v) is 14.5. The van der Waals surface area contributed by atoms with E-state index in [1.165, 1.54) is 22.5 Å². The minimum Gasteiger partial charge on any atom is -0.225 e. The molecule has 3 rings (SSSR count). The fraction of sp³-hybridized carbons (Fsp3) is 0.250. The lowest BCUT2D eigenvalue weighted by Gasteiger charge is -2.24. The van der Waals surface area contributed by atoms with Crippen LogP contribution in [-0.4, -0.2) is 27.7 Å². The highest BCUT2D eigenvalue weighted by atomic mass is 32.2. The lowest BCUT2D eigenvalue weighted by atomic mass is 10.1. The van der Waals surface area contributed by atoms with Gasteiger partial charge in [-0.15, -0.1) is 0 Å². The molecular weight excluding hydrogens is 348 g/mol. The fourth-order valence-electron chi connectivity index (χ4n) is 2.98. The van der Waals surface area contributed by atoms with E-state index in [2.05, 4.69) is 0 Å². The molecule has 1 saturated heterocycles. The van der Waals surface area contributed by atoms with Crippen molar-refractivity contribution in [3.05, 3.63) is 60.2 Å². The quantitative estimate of drug-likeness (QED) is 0.893. The number of benzene rings is 2. The van der Waals surface area contributed by atoms with E-state index in [9.17, 15) is 16.8 Å². The predicted molar refractivity (Wildman–Crippen MR) is 90.1 cm³/mol. The normalized spacial score (nSPS) is 19.5. The highest BCUT2D eigenvalue weighted by molar-refractivity contribution is 7.90. The van der Waals surface area contributed by atoms with Gasteiger partial charge in [0.05, 0.1) is 15.8 Å². The van der Waals surface area contributed by atoms with Gasteiger partial charge in [0.1, 0.15) is 0 Å². The summed E-state index contributed by atoms with van der Waals surface area (Å²) in [4.78, 5) is -0.268. The van der Waals surface area contributed by atoms with Gasteiger partial charge in [0.15, 0.2) is 0 Å². The van der Waals surface area contributed by atoms with Crippen LogP contribution in [0, 0.1) is 0 Å². The van der Waals surface area contributed by atoms with Crippen molar-refractivity contribution >= 4 is 20.0 Å². The van der Waals surface area contributed by atoms with E-state index in [1.54, 1.807) is 0 Å². The molecule has 0 aromatic heterocycles. The highest BCUT2D eigenvalue weighted by Gasteiger charge is 2.36. The van der Waals surface area contributed by atoms with Crippen molar-refractivity contribution < 1.29 is 16.8 Å². The second kappa shape index (κ2) is 6.29. The average Bonchev–Trinajstić information content (AvgIpc) is 3.05. The van der Waals surface area contributed by atoms with Crippen molar-refractivity contribution in [2.75, 3.05) is 6.54 Å². The molecule has 24 heavy (non-hydrogen) atoms. The van der Waals surface area contributed by atoms with E-state index in [0.717, 1.165) is 24.5 Å². The monoisotopic (exact) mass is 366 g/mol. The predicted octanol–water partition coefficient (Wildman–Crippen LogP) is 1.86. The molecular formula is C16H18N2O4S2. The van der Waals surface area contributed by atoms with Crippen molar-refractivity contribution in [3.8, 4) is 0 Å². The van der Waals surface area contributed by atoms with Crippen LogP contribution in [-0.2, 0) is 20.0 Å². The first-order valence-electron chi connectivity index (χ1n) is 7.50. The third-order valence-electron chi connectivity index (χ3n) is 4.13. The van der Waals surface area contributed by atoms with E-state index < -0.39 is 20.0 Å². The van der Waals surface area contributed by atoms with Gasteiger partial charge in [-0.3, -0.25) is 0 Å². The molecule has 1 aliphatic rings. The van der Waals surface area contributed by atoms with E-state index in [0.29, 0.717) is 6.54 Å². The van der Waals surface area contributed by atoms with Gasteiger partial charge >= 0.3 is 0 Å². The smallest absolute Gasteiger partial charge is 0.225 e. The Labute approximate surface area is 142 Å². The third-order valence-corrected chi connectivity index (χ3v) is 6.94. The van der Waals surface area contributed by atoms with Gasteiger partial charge in [0.25, 0.3) is 0 Å². The van der Waals surface area contributed by atoms with Crippen LogP contribution in [0.1, 0.15) is 24.4 Å². The Morgan fingerprint density at radius 1 is 0.917 bits per heavy atom. The van der Waals surface area contributed by atoms with Crippen LogP contribution in [0.15, 0.2) is 64.4 Å². The van der Waals surface area contributed by atoms with Crippen molar-refractivity contribution in [3.63, 3.8) is 0 Å². The van der Waals surface area contributed by atoms with Crippen LogP contribution < -0.4 is 5.14 Å². The van der Waals surface area contributed by atoms with Gasteiger partial charge in [-0.2, -0.15) is 4.31 Å².